The van der Waals surface area contributed by atoms with Crippen molar-refractivity contribution in [2.75, 3.05) is 30.4 Å². The van der Waals surface area contributed by atoms with Gasteiger partial charge >= 0.3 is 0 Å². The van der Waals surface area contributed by atoms with Crippen LogP contribution in [0.15, 0.2) is 11.4 Å². The van der Waals surface area contributed by atoms with E-state index in [2.05, 4.69) is 35.6 Å². The minimum Gasteiger partial charge on any atom is -0.369 e. The monoisotopic (exact) mass is 322 g/mol. The molecular formula is C15H22N4S2. The van der Waals surface area contributed by atoms with E-state index in [1.54, 1.807) is 11.3 Å². The quantitative estimate of drug-likeness (QED) is 0.882. The summed E-state index contributed by atoms with van der Waals surface area (Å²) in [6, 6.07) is 2.78. The van der Waals surface area contributed by atoms with Crippen LogP contribution in [0.3, 0.4) is 0 Å². The van der Waals surface area contributed by atoms with Gasteiger partial charge in [-0.1, -0.05) is 6.92 Å². The number of nitrogens with one attached hydrogen (secondary N) is 1. The Labute approximate surface area is 134 Å². The van der Waals surface area contributed by atoms with Gasteiger partial charge in [-0.3, -0.25) is 4.90 Å². The maximum Gasteiger partial charge on any atom is 0.146 e. The van der Waals surface area contributed by atoms with Gasteiger partial charge < -0.3 is 5.32 Å². The highest BCUT2D eigenvalue weighted by molar-refractivity contribution is 7.99. The Morgan fingerprint density at radius 3 is 3.10 bits per heavy atom. The molecule has 4 nitrogen and oxygen atoms in total. The summed E-state index contributed by atoms with van der Waals surface area (Å²) >= 11 is 3.74. The smallest absolute Gasteiger partial charge is 0.146 e. The highest BCUT2D eigenvalue weighted by atomic mass is 32.2. The predicted molar refractivity (Wildman–Crippen MR) is 93.4 cm³/mol. The zero-order valence-electron chi connectivity index (χ0n) is 12.6. The minimum atomic E-state index is 0.671. The molecule has 1 unspecified atom stereocenters. The van der Waals surface area contributed by atoms with Gasteiger partial charge in [0, 0.05) is 18.3 Å². The zero-order valence-corrected chi connectivity index (χ0v) is 14.3. The third kappa shape index (κ3) is 3.49. The SMILES string of the molecule is CCCNc1nc(CN(C)C2CCSC2)nc2sccc12. The normalized spacial score (nSPS) is 18.7. The second kappa shape index (κ2) is 6.94. The van der Waals surface area contributed by atoms with Gasteiger partial charge in [-0.2, -0.15) is 11.8 Å². The van der Waals surface area contributed by atoms with Crippen LogP contribution in [-0.4, -0.2) is 46.0 Å². The van der Waals surface area contributed by atoms with Crippen molar-refractivity contribution in [3.8, 4) is 0 Å². The second-order valence-corrected chi connectivity index (χ2v) is 7.53. The Hall–Kier alpha value is -0.850. The molecule has 0 radical (unpaired) electrons. The lowest BCUT2D eigenvalue weighted by atomic mass is 10.2. The molecule has 1 aliphatic heterocycles. The van der Waals surface area contributed by atoms with Crippen LogP contribution in [0, 0.1) is 0 Å². The van der Waals surface area contributed by atoms with Crippen molar-refractivity contribution < 1.29 is 0 Å². The Bertz CT molecular complexity index is 592. The first-order valence-electron chi connectivity index (χ1n) is 7.54. The zero-order chi connectivity index (χ0) is 14.7. The lowest BCUT2D eigenvalue weighted by Crippen LogP contribution is -2.31. The van der Waals surface area contributed by atoms with E-state index < -0.39 is 0 Å². The molecule has 1 aliphatic rings. The van der Waals surface area contributed by atoms with Gasteiger partial charge in [0.25, 0.3) is 0 Å². The van der Waals surface area contributed by atoms with Crippen LogP contribution in [0.1, 0.15) is 25.6 Å². The predicted octanol–water partition coefficient (Wildman–Crippen LogP) is 3.45. The number of fused-ring (bicyclic) bond motifs is 1. The Kier molecular flexibility index (Phi) is 4.98. The van der Waals surface area contributed by atoms with Crippen molar-refractivity contribution in [2.24, 2.45) is 0 Å². The average molecular weight is 323 g/mol. The molecule has 0 bridgehead atoms. The molecule has 114 valence electrons. The van der Waals surface area contributed by atoms with Crippen molar-refractivity contribution in [1.82, 2.24) is 14.9 Å². The molecule has 21 heavy (non-hydrogen) atoms. The fourth-order valence-electron chi connectivity index (χ4n) is 2.57. The van der Waals surface area contributed by atoms with Gasteiger partial charge in [0.05, 0.1) is 11.9 Å². The van der Waals surface area contributed by atoms with E-state index in [9.17, 15) is 0 Å². The summed E-state index contributed by atoms with van der Waals surface area (Å²) in [5, 5.41) is 6.68. The fraction of sp³-hybridized carbons (Fsp3) is 0.600. The molecule has 2 aromatic heterocycles. The van der Waals surface area contributed by atoms with Crippen molar-refractivity contribution in [1.29, 1.82) is 0 Å². The Balaban J connectivity index is 1.80. The molecule has 1 N–H and O–H groups in total. The molecule has 0 aromatic carbocycles. The van der Waals surface area contributed by atoms with E-state index >= 15 is 0 Å². The van der Waals surface area contributed by atoms with Crippen molar-refractivity contribution in [3.05, 3.63) is 17.3 Å². The van der Waals surface area contributed by atoms with Gasteiger partial charge in [-0.25, -0.2) is 9.97 Å². The molecule has 6 heteroatoms. The first kappa shape index (κ1) is 15.1. The summed E-state index contributed by atoms with van der Waals surface area (Å²) in [4.78, 5) is 13.0. The highest BCUT2D eigenvalue weighted by Crippen LogP contribution is 2.26. The van der Waals surface area contributed by atoms with E-state index in [0.717, 1.165) is 41.4 Å². The summed E-state index contributed by atoms with van der Waals surface area (Å²) in [5.41, 5.74) is 0. The molecular weight excluding hydrogens is 300 g/mol. The number of hydrogen-bond donors (Lipinski definition) is 1. The van der Waals surface area contributed by atoms with Crippen LogP contribution in [-0.2, 0) is 6.54 Å². The molecule has 0 aliphatic carbocycles. The standard InChI is InChI=1S/C15H22N4S2/c1-3-6-16-14-12-5-8-21-15(12)18-13(17-14)9-19(2)11-4-7-20-10-11/h5,8,11H,3-4,6-7,9-10H2,1-2H3,(H,16,17,18). The number of aromatic nitrogens is 2. The number of nitrogens with zero attached hydrogens (tertiary/aromatic N) is 3. The molecule has 2 aromatic rings. The van der Waals surface area contributed by atoms with E-state index in [1.165, 1.54) is 17.9 Å². The van der Waals surface area contributed by atoms with Gasteiger partial charge in [-0.15, -0.1) is 11.3 Å². The van der Waals surface area contributed by atoms with Crippen LogP contribution in [0.4, 0.5) is 5.82 Å². The van der Waals surface area contributed by atoms with Crippen molar-refractivity contribution >= 4 is 39.1 Å². The Morgan fingerprint density at radius 1 is 1.43 bits per heavy atom. The summed E-state index contributed by atoms with van der Waals surface area (Å²) in [6.45, 7) is 3.96. The molecule has 3 heterocycles. The van der Waals surface area contributed by atoms with E-state index in [0.29, 0.717) is 6.04 Å². The van der Waals surface area contributed by atoms with Gasteiger partial charge in [0.15, 0.2) is 0 Å². The maximum absolute atomic E-state index is 4.76. The summed E-state index contributed by atoms with van der Waals surface area (Å²) in [5.74, 6) is 4.44. The highest BCUT2D eigenvalue weighted by Gasteiger charge is 2.21. The number of rotatable bonds is 6. The molecule has 1 saturated heterocycles. The van der Waals surface area contributed by atoms with Crippen molar-refractivity contribution in [3.63, 3.8) is 0 Å². The lowest BCUT2D eigenvalue weighted by molar-refractivity contribution is 0.249. The topological polar surface area (TPSA) is 41.1 Å². The van der Waals surface area contributed by atoms with E-state index in [1.807, 2.05) is 11.8 Å². The first-order chi connectivity index (χ1) is 10.3. The van der Waals surface area contributed by atoms with Crippen LogP contribution in [0.25, 0.3) is 10.2 Å². The van der Waals surface area contributed by atoms with Gasteiger partial charge in [0.2, 0.25) is 0 Å². The van der Waals surface area contributed by atoms with Gasteiger partial charge in [-0.05, 0) is 37.1 Å². The van der Waals surface area contributed by atoms with E-state index in [4.69, 9.17) is 9.97 Å². The van der Waals surface area contributed by atoms with Crippen LogP contribution in [0.2, 0.25) is 0 Å². The average Bonchev–Trinajstić information content (AvgIpc) is 3.15. The molecule has 1 fully saturated rings. The van der Waals surface area contributed by atoms with Gasteiger partial charge in [0.1, 0.15) is 16.5 Å². The summed E-state index contributed by atoms with van der Waals surface area (Å²) in [6.07, 6.45) is 2.38. The van der Waals surface area contributed by atoms with Crippen LogP contribution in [0.5, 0.6) is 0 Å². The fourth-order valence-corrected chi connectivity index (χ4v) is 4.65. The number of anilines is 1. The number of thiophene rings is 1. The lowest BCUT2D eigenvalue weighted by Gasteiger charge is -2.22. The third-order valence-electron chi connectivity index (χ3n) is 3.83. The largest absolute Gasteiger partial charge is 0.369 e. The molecule has 0 spiro atoms. The molecule has 1 atom stereocenters. The molecule has 3 rings (SSSR count). The van der Waals surface area contributed by atoms with E-state index in [-0.39, 0.29) is 0 Å². The van der Waals surface area contributed by atoms with Crippen LogP contribution < -0.4 is 5.32 Å². The van der Waals surface area contributed by atoms with Crippen LogP contribution >= 0.6 is 23.1 Å². The maximum atomic E-state index is 4.76. The minimum absolute atomic E-state index is 0.671. The third-order valence-corrected chi connectivity index (χ3v) is 5.79. The number of hydrogen-bond acceptors (Lipinski definition) is 6. The summed E-state index contributed by atoms with van der Waals surface area (Å²) in [7, 11) is 2.19. The summed E-state index contributed by atoms with van der Waals surface area (Å²) < 4.78 is 0. The van der Waals surface area contributed by atoms with Crippen molar-refractivity contribution in [2.45, 2.75) is 32.4 Å². The second-order valence-electron chi connectivity index (χ2n) is 5.49. The molecule has 0 amide bonds. The first-order valence-corrected chi connectivity index (χ1v) is 9.57. The molecule has 0 saturated carbocycles. The Morgan fingerprint density at radius 2 is 2.33 bits per heavy atom. The number of thioether (sulfide) groups is 1.